The van der Waals surface area contributed by atoms with Gasteiger partial charge in [0.15, 0.2) is 11.6 Å². The molecule has 0 unspecified atom stereocenters. The zero-order valence-electron chi connectivity index (χ0n) is 21.6. The van der Waals surface area contributed by atoms with Gasteiger partial charge in [0.1, 0.15) is 13.3 Å². The van der Waals surface area contributed by atoms with Crippen molar-refractivity contribution >= 4 is 35.0 Å². The van der Waals surface area contributed by atoms with Crippen LogP contribution in [-0.2, 0) is 30.5 Å². The van der Waals surface area contributed by atoms with Crippen LogP contribution >= 0.6 is 11.6 Å². The molecule has 0 spiro atoms. The molecule has 0 aromatic heterocycles. The lowest BCUT2D eigenvalue weighted by atomic mass is 9.86. The summed E-state index contributed by atoms with van der Waals surface area (Å²) in [7, 11) is 0. The molecule has 37 heavy (non-hydrogen) atoms. The number of likely N-dealkylation sites (tertiary alicyclic amines) is 1. The van der Waals surface area contributed by atoms with E-state index in [1.54, 1.807) is 38.1 Å². The Labute approximate surface area is 222 Å². The lowest BCUT2D eigenvalue weighted by Gasteiger charge is -2.32. The summed E-state index contributed by atoms with van der Waals surface area (Å²) in [5.74, 6) is -2.22. The van der Waals surface area contributed by atoms with Gasteiger partial charge in [-0.3, -0.25) is 19.2 Å². The molecule has 1 amide bonds. The molecule has 1 aromatic carbocycles. The number of nitrogens with one attached hydrogen (secondary N) is 1. The predicted molar refractivity (Wildman–Crippen MR) is 139 cm³/mol. The van der Waals surface area contributed by atoms with E-state index >= 15 is 0 Å². The highest BCUT2D eigenvalue weighted by molar-refractivity contribution is 6.30. The smallest absolute Gasteiger partial charge is 0.307 e. The highest BCUT2D eigenvalue weighted by Crippen LogP contribution is 2.31. The van der Waals surface area contributed by atoms with Crippen LogP contribution in [0.4, 0.5) is 4.39 Å². The zero-order valence-corrected chi connectivity index (χ0v) is 22.3. The van der Waals surface area contributed by atoms with Gasteiger partial charge >= 0.3 is 5.97 Å². The number of esters is 1. The molecule has 1 fully saturated rings. The predicted octanol–water partition coefficient (Wildman–Crippen LogP) is 3.70. The van der Waals surface area contributed by atoms with Crippen molar-refractivity contribution in [2.45, 2.75) is 65.0 Å². The summed E-state index contributed by atoms with van der Waals surface area (Å²) < 4.78 is 18.5. The highest BCUT2D eigenvalue weighted by Gasteiger charge is 2.42. The first-order chi connectivity index (χ1) is 17.4. The minimum atomic E-state index is -1.15. The Hall–Kier alpha value is -2.94. The first-order valence-corrected chi connectivity index (χ1v) is 12.8. The molecule has 2 atom stereocenters. The number of nitrogens with zero attached hydrogens (tertiary/aromatic N) is 1. The van der Waals surface area contributed by atoms with Gasteiger partial charge in [0, 0.05) is 30.5 Å². The number of halogens is 2. The van der Waals surface area contributed by atoms with E-state index in [1.165, 1.54) is 4.90 Å². The van der Waals surface area contributed by atoms with E-state index in [9.17, 15) is 23.6 Å². The van der Waals surface area contributed by atoms with Crippen molar-refractivity contribution in [3.63, 3.8) is 0 Å². The molecule has 0 radical (unpaired) electrons. The summed E-state index contributed by atoms with van der Waals surface area (Å²) in [6.45, 7) is 6.56. The summed E-state index contributed by atoms with van der Waals surface area (Å²) >= 11 is 5.86. The Bertz CT molecular complexity index is 983. The summed E-state index contributed by atoms with van der Waals surface area (Å²) in [5, 5.41) is 3.41. The largest absolute Gasteiger partial charge is 0.461 e. The Morgan fingerprint density at radius 1 is 1.27 bits per heavy atom. The zero-order chi connectivity index (χ0) is 27.6. The van der Waals surface area contributed by atoms with Gasteiger partial charge in [-0.1, -0.05) is 44.2 Å². The maximum atomic E-state index is 13.4. The minimum Gasteiger partial charge on any atom is -0.461 e. The summed E-state index contributed by atoms with van der Waals surface area (Å²) in [4.78, 5) is 52.6. The topological polar surface area (TPSA) is 119 Å². The Morgan fingerprint density at radius 3 is 2.57 bits per heavy atom. The molecule has 0 bridgehead atoms. The van der Waals surface area contributed by atoms with Gasteiger partial charge < -0.3 is 20.7 Å². The number of amides is 1. The van der Waals surface area contributed by atoms with E-state index in [0.29, 0.717) is 49.6 Å². The number of nitrogens with two attached hydrogens (primary N) is 1. The van der Waals surface area contributed by atoms with Gasteiger partial charge in [-0.05, 0) is 43.4 Å². The monoisotopic (exact) mass is 537 g/mol. The Balaban J connectivity index is 1.96. The molecule has 0 aliphatic carbocycles. The van der Waals surface area contributed by atoms with E-state index in [1.807, 2.05) is 0 Å². The van der Waals surface area contributed by atoms with Crippen LogP contribution in [0.3, 0.4) is 0 Å². The number of ether oxygens (including phenoxy) is 1. The second-order valence-corrected chi connectivity index (χ2v) is 10.5. The molecule has 1 aromatic rings. The van der Waals surface area contributed by atoms with Crippen LogP contribution in [0, 0.1) is 11.3 Å². The lowest BCUT2D eigenvalue weighted by Crippen LogP contribution is -2.47. The third-order valence-corrected chi connectivity index (χ3v) is 6.73. The molecule has 1 saturated heterocycles. The van der Waals surface area contributed by atoms with Gasteiger partial charge in [0.25, 0.3) is 0 Å². The van der Waals surface area contributed by atoms with Crippen molar-refractivity contribution in [3.8, 4) is 0 Å². The van der Waals surface area contributed by atoms with Crippen LogP contribution in [0.1, 0.15) is 57.9 Å². The second kappa shape index (κ2) is 14.1. The Kier molecular flexibility index (Phi) is 11.6. The van der Waals surface area contributed by atoms with Gasteiger partial charge in [-0.25, -0.2) is 4.39 Å². The SMILES string of the molecule is C=C(N)NCCC[C@H](CC(=O)[C@@H]1CCCN1C(=O)C(C)(C)CC(=O)OCc1ccc(Cl)cc1)C(=O)CF. The standard InChI is InChI=1S/C27H37ClFN3O5/c1-18(30)31-12-4-6-20(24(34)16-29)14-23(33)22-7-5-13-32(22)26(36)27(2,3)15-25(35)37-17-19-8-10-21(28)11-9-19/h8-11,20,22,31H,1,4-7,12-17,30H2,2-3H3/t20-,22+/m1/s1. The third-order valence-electron chi connectivity index (χ3n) is 6.48. The summed E-state index contributed by atoms with van der Waals surface area (Å²) in [6, 6.07) is 6.19. The van der Waals surface area contributed by atoms with Crippen molar-refractivity contribution in [1.82, 2.24) is 10.2 Å². The molecule has 1 aliphatic rings. The van der Waals surface area contributed by atoms with E-state index in [0.717, 1.165) is 5.56 Å². The number of carbonyl (C=O) groups excluding carboxylic acids is 4. The van der Waals surface area contributed by atoms with E-state index < -0.39 is 35.8 Å². The van der Waals surface area contributed by atoms with Crippen LogP contribution in [0.2, 0.25) is 5.02 Å². The summed E-state index contributed by atoms with van der Waals surface area (Å²) in [5.41, 5.74) is 5.14. The molecular formula is C27H37ClFN3O5. The normalized spacial score (nSPS) is 16.2. The van der Waals surface area contributed by atoms with Crippen molar-refractivity contribution in [3.05, 3.63) is 47.3 Å². The highest BCUT2D eigenvalue weighted by atomic mass is 35.5. The van der Waals surface area contributed by atoms with Crippen LogP contribution in [0.5, 0.6) is 0 Å². The molecule has 2 rings (SSSR count). The van der Waals surface area contributed by atoms with Gasteiger partial charge in [-0.15, -0.1) is 0 Å². The molecule has 10 heteroatoms. The number of carbonyl (C=O) groups is 4. The minimum absolute atomic E-state index is 0.0595. The van der Waals surface area contributed by atoms with Gasteiger partial charge in [0.2, 0.25) is 5.91 Å². The second-order valence-electron chi connectivity index (χ2n) is 10.1. The van der Waals surface area contributed by atoms with E-state index in [-0.39, 0.29) is 31.1 Å². The summed E-state index contributed by atoms with van der Waals surface area (Å²) in [6.07, 6.45) is 1.64. The average molecular weight is 538 g/mol. The first-order valence-electron chi connectivity index (χ1n) is 12.5. The maximum absolute atomic E-state index is 13.4. The van der Waals surface area contributed by atoms with Crippen molar-refractivity contribution in [1.29, 1.82) is 0 Å². The van der Waals surface area contributed by atoms with Gasteiger partial charge in [-0.2, -0.15) is 0 Å². The van der Waals surface area contributed by atoms with Crippen LogP contribution in [0.25, 0.3) is 0 Å². The number of Topliss-reactive ketones (excluding diaryl/α,β-unsaturated/α-hetero) is 2. The fraction of sp³-hybridized carbons (Fsp3) is 0.556. The molecule has 204 valence electrons. The number of rotatable bonds is 15. The average Bonchev–Trinajstić information content (AvgIpc) is 3.34. The number of hydrogen-bond donors (Lipinski definition) is 2. The maximum Gasteiger partial charge on any atom is 0.307 e. The lowest BCUT2D eigenvalue weighted by molar-refractivity contribution is -0.154. The van der Waals surface area contributed by atoms with Crippen LogP contribution in [-0.4, -0.2) is 54.1 Å². The number of hydrogen-bond acceptors (Lipinski definition) is 7. The van der Waals surface area contributed by atoms with E-state index in [2.05, 4.69) is 11.9 Å². The molecule has 8 nitrogen and oxygen atoms in total. The van der Waals surface area contributed by atoms with Crippen LogP contribution < -0.4 is 11.1 Å². The number of alkyl halides is 1. The number of ketones is 2. The Morgan fingerprint density at radius 2 is 1.95 bits per heavy atom. The van der Waals surface area contributed by atoms with Crippen molar-refractivity contribution < 1.29 is 28.3 Å². The molecule has 1 aliphatic heterocycles. The van der Waals surface area contributed by atoms with E-state index in [4.69, 9.17) is 22.1 Å². The molecule has 3 N–H and O–H groups in total. The third kappa shape index (κ3) is 9.46. The quantitative estimate of drug-likeness (QED) is 0.258. The first kappa shape index (κ1) is 30.3. The van der Waals surface area contributed by atoms with Crippen molar-refractivity contribution in [2.24, 2.45) is 17.1 Å². The molecule has 1 heterocycles. The number of benzene rings is 1. The molecular weight excluding hydrogens is 501 g/mol. The fourth-order valence-corrected chi connectivity index (χ4v) is 4.55. The van der Waals surface area contributed by atoms with Gasteiger partial charge in [0.05, 0.1) is 23.7 Å². The fourth-order valence-electron chi connectivity index (χ4n) is 4.43. The van der Waals surface area contributed by atoms with Crippen LogP contribution in [0.15, 0.2) is 36.7 Å². The molecule has 0 saturated carbocycles. The van der Waals surface area contributed by atoms with Crippen molar-refractivity contribution in [2.75, 3.05) is 19.8 Å².